The summed E-state index contributed by atoms with van der Waals surface area (Å²) in [5.74, 6) is -0.0926. The Kier molecular flexibility index (Phi) is 3.16. The molecule has 0 radical (unpaired) electrons. The highest BCUT2D eigenvalue weighted by Gasteiger charge is 2.18. The van der Waals surface area contributed by atoms with Crippen LogP contribution in [0.25, 0.3) is 0 Å². The summed E-state index contributed by atoms with van der Waals surface area (Å²) in [7, 11) is 2.09. The third kappa shape index (κ3) is 2.89. The number of aromatic nitrogens is 1. The van der Waals surface area contributed by atoms with E-state index in [0.717, 1.165) is 25.9 Å². The molecule has 3 nitrogen and oxygen atoms in total. The molecule has 4 heteroatoms. The molecule has 1 aromatic rings. The Balaban J connectivity index is 1.92. The number of pyridine rings is 1. The number of ether oxygens (including phenoxy) is 1. The van der Waals surface area contributed by atoms with Crippen molar-refractivity contribution in [3.63, 3.8) is 0 Å². The Labute approximate surface area is 88.9 Å². The minimum atomic E-state index is -0.486. The quantitative estimate of drug-likeness (QED) is 0.695. The Morgan fingerprint density at radius 1 is 1.40 bits per heavy atom. The Morgan fingerprint density at radius 2 is 2.13 bits per heavy atom. The van der Waals surface area contributed by atoms with Crippen LogP contribution in [0.3, 0.4) is 0 Å². The van der Waals surface area contributed by atoms with Crippen molar-refractivity contribution in [1.29, 1.82) is 0 Å². The highest BCUT2D eigenvalue weighted by Crippen LogP contribution is 2.16. The second kappa shape index (κ2) is 4.57. The van der Waals surface area contributed by atoms with Gasteiger partial charge in [0.1, 0.15) is 6.10 Å². The molecule has 1 aromatic heterocycles. The van der Waals surface area contributed by atoms with Gasteiger partial charge >= 0.3 is 0 Å². The molecule has 0 aliphatic carbocycles. The minimum absolute atomic E-state index is 0.176. The van der Waals surface area contributed by atoms with Gasteiger partial charge in [-0.3, -0.25) is 0 Å². The number of rotatable bonds is 2. The third-order valence-corrected chi connectivity index (χ3v) is 2.64. The van der Waals surface area contributed by atoms with Crippen molar-refractivity contribution in [2.24, 2.45) is 0 Å². The third-order valence-electron chi connectivity index (χ3n) is 2.64. The van der Waals surface area contributed by atoms with Crippen LogP contribution in [0.2, 0.25) is 0 Å². The SMILES string of the molecule is CN1CCC(Oc2cccc(F)n2)CC1. The van der Waals surface area contributed by atoms with Crippen molar-refractivity contribution in [3.8, 4) is 5.88 Å². The fourth-order valence-electron chi connectivity index (χ4n) is 1.73. The first-order valence-corrected chi connectivity index (χ1v) is 5.22. The summed E-state index contributed by atoms with van der Waals surface area (Å²) >= 11 is 0. The lowest BCUT2D eigenvalue weighted by atomic mass is 10.1. The van der Waals surface area contributed by atoms with Crippen LogP contribution < -0.4 is 4.74 Å². The Hall–Kier alpha value is -1.16. The highest BCUT2D eigenvalue weighted by molar-refractivity contribution is 5.10. The molecule has 0 bridgehead atoms. The topological polar surface area (TPSA) is 25.4 Å². The predicted molar refractivity (Wildman–Crippen MR) is 55.3 cm³/mol. The summed E-state index contributed by atoms with van der Waals surface area (Å²) < 4.78 is 18.4. The molecule has 0 saturated carbocycles. The van der Waals surface area contributed by atoms with Gasteiger partial charge < -0.3 is 9.64 Å². The van der Waals surface area contributed by atoms with Crippen LogP contribution in [-0.2, 0) is 0 Å². The highest BCUT2D eigenvalue weighted by atomic mass is 19.1. The first kappa shape index (κ1) is 10.4. The van der Waals surface area contributed by atoms with Crippen molar-refractivity contribution in [1.82, 2.24) is 9.88 Å². The second-order valence-electron chi connectivity index (χ2n) is 3.92. The molecule has 82 valence electrons. The zero-order valence-corrected chi connectivity index (χ0v) is 8.82. The van der Waals surface area contributed by atoms with Crippen LogP contribution in [0.1, 0.15) is 12.8 Å². The van der Waals surface area contributed by atoms with E-state index in [2.05, 4.69) is 16.9 Å². The molecule has 0 unspecified atom stereocenters. The number of hydrogen-bond donors (Lipinski definition) is 0. The molecular formula is C11H15FN2O. The molecule has 0 atom stereocenters. The lowest BCUT2D eigenvalue weighted by molar-refractivity contribution is 0.109. The van der Waals surface area contributed by atoms with E-state index in [1.807, 2.05) is 0 Å². The molecule has 2 heterocycles. The molecule has 0 spiro atoms. The van der Waals surface area contributed by atoms with Gasteiger partial charge in [-0.2, -0.15) is 9.37 Å². The van der Waals surface area contributed by atoms with E-state index in [9.17, 15) is 4.39 Å². The van der Waals surface area contributed by atoms with E-state index in [1.54, 1.807) is 12.1 Å². The number of likely N-dealkylation sites (tertiary alicyclic amines) is 1. The summed E-state index contributed by atoms with van der Waals surface area (Å²) in [6.45, 7) is 2.06. The summed E-state index contributed by atoms with van der Waals surface area (Å²) in [5, 5.41) is 0. The van der Waals surface area contributed by atoms with Gasteiger partial charge in [-0.05, 0) is 26.0 Å². The Bertz CT molecular complexity index is 324. The molecule has 1 aliphatic heterocycles. The van der Waals surface area contributed by atoms with Gasteiger partial charge in [0.25, 0.3) is 0 Å². The maximum atomic E-state index is 12.8. The zero-order chi connectivity index (χ0) is 10.7. The van der Waals surface area contributed by atoms with Crippen molar-refractivity contribution in [2.45, 2.75) is 18.9 Å². The monoisotopic (exact) mass is 210 g/mol. The number of piperidine rings is 1. The van der Waals surface area contributed by atoms with Crippen molar-refractivity contribution in [2.75, 3.05) is 20.1 Å². The van der Waals surface area contributed by atoms with Crippen molar-refractivity contribution < 1.29 is 9.13 Å². The fraction of sp³-hybridized carbons (Fsp3) is 0.545. The molecule has 1 aliphatic rings. The lowest BCUT2D eigenvalue weighted by Crippen LogP contribution is -2.35. The van der Waals surface area contributed by atoms with Gasteiger partial charge in [0.2, 0.25) is 11.8 Å². The van der Waals surface area contributed by atoms with Crippen LogP contribution in [0, 0.1) is 5.95 Å². The first-order valence-electron chi connectivity index (χ1n) is 5.22. The summed E-state index contributed by atoms with van der Waals surface area (Å²) in [4.78, 5) is 5.95. The van der Waals surface area contributed by atoms with E-state index < -0.39 is 5.95 Å². The van der Waals surface area contributed by atoms with E-state index >= 15 is 0 Å². The van der Waals surface area contributed by atoms with Crippen LogP contribution in [0.15, 0.2) is 18.2 Å². The molecule has 1 saturated heterocycles. The van der Waals surface area contributed by atoms with Gasteiger partial charge in [-0.15, -0.1) is 0 Å². The van der Waals surface area contributed by atoms with E-state index in [0.29, 0.717) is 5.88 Å². The van der Waals surface area contributed by atoms with E-state index in [4.69, 9.17) is 4.74 Å². The predicted octanol–water partition coefficient (Wildman–Crippen LogP) is 1.69. The van der Waals surface area contributed by atoms with Gasteiger partial charge in [0, 0.05) is 19.2 Å². The first-order chi connectivity index (χ1) is 7.24. The van der Waals surface area contributed by atoms with Crippen molar-refractivity contribution in [3.05, 3.63) is 24.1 Å². The van der Waals surface area contributed by atoms with Gasteiger partial charge in [0.15, 0.2) is 0 Å². The number of nitrogens with zero attached hydrogens (tertiary/aromatic N) is 2. The maximum Gasteiger partial charge on any atom is 0.216 e. The number of hydrogen-bond acceptors (Lipinski definition) is 3. The average Bonchev–Trinajstić information content (AvgIpc) is 2.22. The normalized spacial score (nSPS) is 19.1. The van der Waals surface area contributed by atoms with Crippen molar-refractivity contribution >= 4 is 0 Å². The summed E-state index contributed by atoms with van der Waals surface area (Å²) in [5.41, 5.74) is 0. The molecule has 2 rings (SSSR count). The number of halogens is 1. The Morgan fingerprint density at radius 3 is 2.80 bits per heavy atom. The van der Waals surface area contributed by atoms with Gasteiger partial charge in [-0.25, -0.2) is 0 Å². The zero-order valence-electron chi connectivity index (χ0n) is 8.82. The molecule has 0 amide bonds. The molecule has 15 heavy (non-hydrogen) atoms. The molecule has 0 aromatic carbocycles. The van der Waals surface area contributed by atoms with E-state index in [1.165, 1.54) is 6.07 Å². The molecular weight excluding hydrogens is 195 g/mol. The summed E-state index contributed by atoms with van der Waals surface area (Å²) in [6.07, 6.45) is 2.14. The van der Waals surface area contributed by atoms with Crippen LogP contribution >= 0.6 is 0 Å². The standard InChI is InChI=1S/C11H15FN2O/c1-14-7-5-9(6-8-14)15-11-4-2-3-10(12)13-11/h2-4,9H,5-8H2,1H3. The fourth-order valence-corrected chi connectivity index (χ4v) is 1.73. The molecule has 1 fully saturated rings. The van der Waals surface area contributed by atoms with Crippen LogP contribution in [-0.4, -0.2) is 36.1 Å². The average molecular weight is 210 g/mol. The van der Waals surface area contributed by atoms with E-state index in [-0.39, 0.29) is 6.10 Å². The van der Waals surface area contributed by atoms with Crippen LogP contribution in [0.5, 0.6) is 5.88 Å². The summed E-state index contributed by atoms with van der Waals surface area (Å²) in [6, 6.07) is 4.63. The van der Waals surface area contributed by atoms with Gasteiger partial charge in [-0.1, -0.05) is 6.07 Å². The lowest BCUT2D eigenvalue weighted by Gasteiger charge is -2.28. The molecule has 0 N–H and O–H groups in total. The largest absolute Gasteiger partial charge is 0.474 e. The second-order valence-corrected chi connectivity index (χ2v) is 3.92. The van der Waals surface area contributed by atoms with Gasteiger partial charge in [0.05, 0.1) is 0 Å². The smallest absolute Gasteiger partial charge is 0.216 e. The minimum Gasteiger partial charge on any atom is -0.474 e. The van der Waals surface area contributed by atoms with Crippen LogP contribution in [0.4, 0.5) is 4.39 Å². The maximum absolute atomic E-state index is 12.8.